The zero-order valence-electron chi connectivity index (χ0n) is 18.2. The van der Waals surface area contributed by atoms with E-state index >= 15 is 0 Å². The predicted octanol–water partition coefficient (Wildman–Crippen LogP) is 4.67. The van der Waals surface area contributed by atoms with Crippen molar-refractivity contribution < 1.29 is 49.9 Å². The highest BCUT2D eigenvalue weighted by molar-refractivity contribution is 6.09. The Kier molecular flexibility index (Phi) is 4.70. The lowest BCUT2D eigenvalue weighted by atomic mass is 10.0. The van der Waals surface area contributed by atoms with Gasteiger partial charge in [0.15, 0.2) is 23.3 Å². The van der Waals surface area contributed by atoms with Crippen LogP contribution in [0, 0.1) is 23.3 Å². The monoisotopic (exact) mass is 448 g/mol. The number of carbonyl (C=O) groups is 2. The summed E-state index contributed by atoms with van der Waals surface area (Å²) in [4.78, 5) is 23.4. The highest BCUT2D eigenvalue weighted by Gasteiger charge is 2.44. The first-order valence-corrected chi connectivity index (χ1v) is 8.41. The quantitative estimate of drug-likeness (QED) is 0.515. The van der Waals surface area contributed by atoms with Gasteiger partial charge in [0, 0.05) is 18.4 Å². The second-order valence-electron chi connectivity index (χ2n) is 6.56. The Balaban J connectivity index is 2.03. The molecule has 0 saturated heterocycles. The van der Waals surface area contributed by atoms with E-state index in [9.17, 15) is 35.9 Å². The molecule has 1 aliphatic carbocycles. The van der Waals surface area contributed by atoms with E-state index in [4.69, 9.17) is 9.22 Å². The van der Waals surface area contributed by atoms with Gasteiger partial charge in [-0.1, -0.05) is 12.1 Å². The van der Waals surface area contributed by atoms with Crippen molar-refractivity contribution in [3.8, 4) is 16.9 Å². The third kappa shape index (κ3) is 4.07. The van der Waals surface area contributed by atoms with Crippen LogP contribution >= 0.6 is 0 Å². The van der Waals surface area contributed by atoms with Crippen LogP contribution in [-0.2, 0) is 9.59 Å². The Labute approximate surface area is 175 Å². The minimum absolute atomic E-state index is 0.398. The number of nitrogens with one attached hydrogen (secondary N) is 1. The maximum atomic E-state index is 14.7. The van der Waals surface area contributed by atoms with Gasteiger partial charge in [-0.3, -0.25) is 4.79 Å². The van der Waals surface area contributed by atoms with Gasteiger partial charge in [0.25, 0.3) is 11.8 Å². The molecule has 164 valence electrons. The van der Waals surface area contributed by atoms with Crippen molar-refractivity contribution in [3.63, 3.8) is 0 Å². The van der Waals surface area contributed by atoms with Crippen LogP contribution in [0.25, 0.3) is 11.1 Å². The molecule has 0 saturated carbocycles. The summed E-state index contributed by atoms with van der Waals surface area (Å²) >= 11 is 0. The third-order valence-corrected chi connectivity index (χ3v) is 4.51. The van der Waals surface area contributed by atoms with Crippen molar-refractivity contribution in [3.05, 3.63) is 58.7 Å². The van der Waals surface area contributed by atoms with Crippen LogP contribution in [-0.4, -0.2) is 29.9 Å². The number of ether oxygens (including phenoxy) is 1. The summed E-state index contributed by atoms with van der Waals surface area (Å²) in [7, 11) is -2.93. The zero-order chi connectivity index (χ0) is 25.6. The average Bonchev–Trinajstić information content (AvgIpc) is 3.05. The van der Waals surface area contributed by atoms with Gasteiger partial charge in [0.2, 0.25) is 0 Å². The summed E-state index contributed by atoms with van der Waals surface area (Å²) in [5.41, 5.74) is -5.45. The van der Waals surface area contributed by atoms with E-state index in [0.29, 0.717) is 0 Å². The topological polar surface area (TPSA) is 75.6 Å². The summed E-state index contributed by atoms with van der Waals surface area (Å²) in [6.07, 6.45) is -2.67. The number of benzene rings is 2. The molecule has 11 heteroatoms. The number of carboxylic acids is 1. The molecule has 0 aliphatic heterocycles. The molecule has 3 rings (SSSR count). The fraction of sp³-hybridized carbons (Fsp3) is 0.200. The van der Waals surface area contributed by atoms with E-state index in [0.717, 1.165) is 24.3 Å². The number of carbonyl (C=O) groups excluding carboxylic acids is 1. The molecule has 0 heterocycles. The molecule has 1 amide bonds. The smallest absolute Gasteiger partial charge is 0.332 e. The SMILES string of the molecule is [2H]C([2H])([2H])Oc1cccc(-c2c(F)c(F)c(NC(=O)C3=C(C(=O)O)CC(F)(F)C3)c(F)c2F)c1. The number of aliphatic carboxylic acids is 1. The molecule has 2 N–H and O–H groups in total. The second-order valence-corrected chi connectivity index (χ2v) is 6.56. The van der Waals surface area contributed by atoms with Crippen LogP contribution in [0.15, 0.2) is 35.4 Å². The van der Waals surface area contributed by atoms with Gasteiger partial charge in [-0.05, 0) is 17.7 Å². The summed E-state index contributed by atoms with van der Waals surface area (Å²) in [6, 6.07) is 4.00. The fourth-order valence-corrected chi connectivity index (χ4v) is 3.11. The lowest BCUT2D eigenvalue weighted by Gasteiger charge is -2.14. The molecular formula is C20H13F6NO4. The van der Waals surface area contributed by atoms with Crippen LogP contribution in [0.3, 0.4) is 0 Å². The minimum Gasteiger partial charge on any atom is -0.497 e. The standard InChI is InChI=1S/C20H13F6NO4/c1-31-9-4-2-3-8(5-9)12-13(21)15(23)17(16(24)14(12)22)27-18(28)10-6-20(25,26)7-11(10)19(29)30/h2-5H,6-7H2,1H3,(H,27,28)(H,29,30)/i1D3. The Morgan fingerprint density at radius 3 is 2.26 bits per heavy atom. The first-order chi connectivity index (χ1) is 15.6. The number of anilines is 1. The average molecular weight is 448 g/mol. The summed E-state index contributed by atoms with van der Waals surface area (Å²) in [6.45, 7) is 0. The van der Waals surface area contributed by atoms with E-state index in [1.165, 1.54) is 5.32 Å². The molecule has 2 aromatic rings. The third-order valence-electron chi connectivity index (χ3n) is 4.51. The van der Waals surface area contributed by atoms with Crippen LogP contribution in [0.5, 0.6) is 5.75 Å². The van der Waals surface area contributed by atoms with Crippen molar-refractivity contribution in [2.24, 2.45) is 0 Å². The largest absolute Gasteiger partial charge is 0.497 e. The Hall–Kier alpha value is -3.50. The number of rotatable bonds is 5. The predicted molar refractivity (Wildman–Crippen MR) is 95.7 cm³/mol. The molecule has 1 aliphatic rings. The minimum atomic E-state index is -3.61. The van der Waals surface area contributed by atoms with Crippen molar-refractivity contribution in [2.45, 2.75) is 18.8 Å². The van der Waals surface area contributed by atoms with E-state index in [1.807, 2.05) is 0 Å². The van der Waals surface area contributed by atoms with Crippen molar-refractivity contribution in [2.75, 3.05) is 12.4 Å². The number of hydrogen-bond acceptors (Lipinski definition) is 3. The second kappa shape index (κ2) is 7.97. The summed E-state index contributed by atoms with van der Waals surface area (Å²) in [5.74, 6) is -15.8. The molecule has 0 atom stereocenters. The van der Waals surface area contributed by atoms with Crippen LogP contribution < -0.4 is 10.1 Å². The van der Waals surface area contributed by atoms with Gasteiger partial charge in [-0.15, -0.1) is 0 Å². The van der Waals surface area contributed by atoms with Crippen molar-refractivity contribution >= 4 is 17.6 Å². The molecule has 0 aromatic heterocycles. The van der Waals surface area contributed by atoms with Crippen molar-refractivity contribution in [1.29, 1.82) is 0 Å². The summed E-state index contributed by atoms with van der Waals surface area (Å²) in [5, 5.41) is 10.4. The molecule has 0 bridgehead atoms. The van der Waals surface area contributed by atoms with Gasteiger partial charge >= 0.3 is 5.97 Å². The van der Waals surface area contributed by atoms with E-state index in [2.05, 4.69) is 4.74 Å². The van der Waals surface area contributed by atoms with Crippen molar-refractivity contribution in [1.82, 2.24) is 0 Å². The molecule has 0 fully saturated rings. The number of carboxylic acid groups (broad SMARTS) is 1. The number of hydrogen-bond donors (Lipinski definition) is 2. The van der Waals surface area contributed by atoms with Gasteiger partial charge in [-0.25, -0.2) is 31.1 Å². The summed E-state index contributed by atoms with van der Waals surface area (Å²) < 4.78 is 111. The molecular weight excluding hydrogens is 432 g/mol. The lowest BCUT2D eigenvalue weighted by Crippen LogP contribution is -2.20. The number of amides is 1. The normalized spacial score (nSPS) is 17.0. The van der Waals surface area contributed by atoms with E-state index < -0.39 is 94.7 Å². The van der Waals surface area contributed by atoms with Crippen LogP contribution in [0.4, 0.5) is 32.0 Å². The fourth-order valence-electron chi connectivity index (χ4n) is 3.11. The zero-order valence-corrected chi connectivity index (χ0v) is 15.2. The van der Waals surface area contributed by atoms with Gasteiger partial charge in [0.05, 0.1) is 22.3 Å². The molecule has 31 heavy (non-hydrogen) atoms. The highest BCUT2D eigenvalue weighted by atomic mass is 19.3. The number of methoxy groups -OCH3 is 1. The molecule has 5 nitrogen and oxygen atoms in total. The molecule has 0 spiro atoms. The van der Waals surface area contributed by atoms with Gasteiger partial charge in [0.1, 0.15) is 11.4 Å². The van der Waals surface area contributed by atoms with Crippen LogP contribution in [0.2, 0.25) is 0 Å². The highest BCUT2D eigenvalue weighted by Crippen LogP contribution is 2.41. The number of alkyl halides is 2. The number of halogens is 6. The Bertz CT molecular complexity index is 1200. The van der Waals surface area contributed by atoms with Crippen LogP contribution in [0.1, 0.15) is 17.0 Å². The van der Waals surface area contributed by atoms with Gasteiger partial charge in [-0.2, -0.15) is 0 Å². The molecule has 0 radical (unpaired) electrons. The maximum absolute atomic E-state index is 14.7. The van der Waals surface area contributed by atoms with Gasteiger partial charge < -0.3 is 15.2 Å². The molecule has 2 aromatic carbocycles. The van der Waals surface area contributed by atoms with E-state index in [-0.39, 0.29) is 0 Å². The lowest BCUT2D eigenvalue weighted by molar-refractivity contribution is -0.133. The van der Waals surface area contributed by atoms with E-state index in [1.54, 1.807) is 0 Å². The maximum Gasteiger partial charge on any atom is 0.332 e. The first-order valence-electron chi connectivity index (χ1n) is 9.91. The first kappa shape index (κ1) is 18.3. The molecule has 0 unspecified atom stereocenters. The Morgan fingerprint density at radius 2 is 1.68 bits per heavy atom. The Morgan fingerprint density at radius 1 is 1.06 bits per heavy atom.